The zero-order valence-electron chi connectivity index (χ0n) is 19.9. The lowest BCUT2D eigenvalue weighted by Crippen LogP contribution is -2.40. The number of amides is 2. The highest BCUT2D eigenvalue weighted by atomic mass is 79.9. The fourth-order valence-corrected chi connectivity index (χ4v) is 5.82. The normalized spacial score (nSPS) is 19.7. The maximum absolute atomic E-state index is 13.6. The lowest BCUT2D eigenvalue weighted by molar-refractivity contribution is -0.113. The van der Waals surface area contributed by atoms with Gasteiger partial charge >= 0.3 is 0 Å². The van der Waals surface area contributed by atoms with Gasteiger partial charge in [0.1, 0.15) is 5.82 Å². The molecule has 0 unspecified atom stereocenters. The first-order chi connectivity index (χ1) is 18.0. The van der Waals surface area contributed by atoms with Crippen molar-refractivity contribution >= 4 is 62.3 Å². The highest BCUT2D eigenvalue weighted by Crippen LogP contribution is 2.37. The van der Waals surface area contributed by atoms with Gasteiger partial charge in [-0.2, -0.15) is 0 Å². The van der Waals surface area contributed by atoms with Gasteiger partial charge in [0.2, 0.25) is 0 Å². The molecule has 2 amide bonds. The molecule has 0 spiro atoms. The van der Waals surface area contributed by atoms with Crippen LogP contribution in [0.25, 0.3) is 0 Å². The molecule has 0 bridgehead atoms. The topological polar surface area (TPSA) is 78.2 Å². The lowest BCUT2D eigenvalue weighted by Gasteiger charge is -2.31. The molecule has 0 atom stereocenters. The molecule has 37 heavy (non-hydrogen) atoms. The van der Waals surface area contributed by atoms with Crippen LogP contribution < -0.4 is 9.80 Å². The van der Waals surface area contributed by atoms with Crippen molar-refractivity contribution in [3.05, 3.63) is 87.0 Å². The summed E-state index contributed by atoms with van der Waals surface area (Å²) in [6, 6.07) is 17.0. The molecule has 1 aromatic heterocycles. The predicted octanol–water partition coefficient (Wildman–Crippen LogP) is 5.92. The first-order valence-electron chi connectivity index (χ1n) is 12.3. The van der Waals surface area contributed by atoms with Crippen molar-refractivity contribution in [3.63, 3.8) is 0 Å². The number of benzene rings is 2. The number of pyridine rings is 1. The molecule has 6 rings (SSSR count). The summed E-state index contributed by atoms with van der Waals surface area (Å²) < 4.78 is 0.721. The van der Waals surface area contributed by atoms with E-state index in [1.807, 2.05) is 41.3 Å². The van der Waals surface area contributed by atoms with Gasteiger partial charge in [-0.1, -0.05) is 61.2 Å². The summed E-state index contributed by atoms with van der Waals surface area (Å²) in [5.41, 5.74) is 3.34. The van der Waals surface area contributed by atoms with E-state index in [1.54, 1.807) is 29.3 Å². The molecule has 0 N–H and O–H groups in total. The second-order valence-corrected chi connectivity index (χ2v) is 10.8. The number of halogens is 2. The van der Waals surface area contributed by atoms with Gasteiger partial charge < -0.3 is 4.90 Å². The molecule has 186 valence electrons. The molecule has 7 nitrogen and oxygen atoms in total. The Hall–Kier alpha value is -3.36. The number of hydrogen-bond acceptors (Lipinski definition) is 5. The van der Waals surface area contributed by atoms with Crippen LogP contribution in [-0.2, 0) is 16.1 Å². The van der Waals surface area contributed by atoms with Gasteiger partial charge in [-0.05, 0) is 58.6 Å². The van der Waals surface area contributed by atoms with Gasteiger partial charge in [-0.3, -0.25) is 14.5 Å². The second-order valence-electron chi connectivity index (χ2n) is 9.43. The first-order valence-corrected chi connectivity index (χ1v) is 13.5. The number of fused-ring (bicyclic) bond motifs is 2. The standard InChI is InChI=1S/C28H23BrClN5O2/c29-18-13-22-25(27(36)34(26(22)31-15-18)16-17-7-3-1-4-8-17)33-32-24-21-14-19(30)11-12-23(21)35(28(24)37)20-9-5-2-6-10-20/h1,3-4,7-8,11-15,20H,2,5-6,9-10,16H2/b32-24-,33-25-. The van der Waals surface area contributed by atoms with Crippen molar-refractivity contribution in [2.45, 2.75) is 44.7 Å². The van der Waals surface area contributed by atoms with E-state index in [9.17, 15) is 9.59 Å². The molecular weight excluding hydrogens is 554 g/mol. The highest BCUT2D eigenvalue weighted by molar-refractivity contribution is 9.10. The van der Waals surface area contributed by atoms with Crippen molar-refractivity contribution < 1.29 is 9.59 Å². The molecule has 2 aromatic carbocycles. The maximum atomic E-state index is 13.6. The maximum Gasteiger partial charge on any atom is 0.281 e. The molecule has 0 saturated heterocycles. The summed E-state index contributed by atoms with van der Waals surface area (Å²) in [6.45, 7) is 0.351. The summed E-state index contributed by atoms with van der Waals surface area (Å²) in [6.07, 6.45) is 6.93. The highest BCUT2D eigenvalue weighted by Gasteiger charge is 2.40. The summed E-state index contributed by atoms with van der Waals surface area (Å²) in [5, 5.41) is 9.30. The summed E-state index contributed by atoms with van der Waals surface area (Å²) in [5.74, 6) is 0.00317. The quantitative estimate of drug-likeness (QED) is 0.362. The van der Waals surface area contributed by atoms with Gasteiger partial charge in [0.25, 0.3) is 11.8 Å². The summed E-state index contributed by atoms with van der Waals surface area (Å²) in [7, 11) is 0. The van der Waals surface area contributed by atoms with Crippen LogP contribution in [-0.4, -0.2) is 34.3 Å². The monoisotopic (exact) mass is 575 g/mol. The SMILES string of the molecule is O=C1/C(=N\N=C2/C(=O)N(C3CCCCC3)c3ccc(Cl)cc32)c2cc(Br)cnc2N1Cc1ccccc1. The van der Waals surface area contributed by atoms with Crippen LogP contribution in [0.3, 0.4) is 0 Å². The number of nitrogens with zero attached hydrogens (tertiary/aromatic N) is 5. The van der Waals surface area contributed by atoms with Crippen LogP contribution in [0.5, 0.6) is 0 Å². The minimum Gasteiger partial charge on any atom is -0.303 e. The van der Waals surface area contributed by atoms with Crippen molar-refractivity contribution in [1.82, 2.24) is 4.98 Å². The van der Waals surface area contributed by atoms with E-state index in [0.29, 0.717) is 28.5 Å². The van der Waals surface area contributed by atoms with Gasteiger partial charge in [-0.15, -0.1) is 10.2 Å². The minimum absolute atomic E-state index is 0.122. The fraction of sp³-hybridized carbons (Fsp3) is 0.250. The van der Waals surface area contributed by atoms with Crippen LogP contribution in [0.4, 0.5) is 11.5 Å². The zero-order chi connectivity index (χ0) is 25.5. The van der Waals surface area contributed by atoms with E-state index in [2.05, 4.69) is 31.1 Å². The number of carbonyl (C=O) groups excluding carboxylic acids is 2. The van der Waals surface area contributed by atoms with E-state index in [-0.39, 0.29) is 29.3 Å². The Balaban J connectivity index is 1.40. The molecule has 3 aromatic rings. The van der Waals surface area contributed by atoms with Crippen LogP contribution in [0.1, 0.15) is 48.8 Å². The average Bonchev–Trinajstić information content (AvgIpc) is 3.32. The fourth-order valence-electron chi connectivity index (χ4n) is 5.32. The Morgan fingerprint density at radius 3 is 2.41 bits per heavy atom. The van der Waals surface area contributed by atoms with Gasteiger partial charge in [0.15, 0.2) is 11.4 Å². The van der Waals surface area contributed by atoms with Crippen molar-refractivity contribution in [3.8, 4) is 0 Å². The Morgan fingerprint density at radius 1 is 0.919 bits per heavy atom. The third kappa shape index (κ3) is 4.38. The number of rotatable bonds is 4. The molecule has 1 aliphatic carbocycles. The molecule has 2 aliphatic heterocycles. The molecule has 1 saturated carbocycles. The van der Waals surface area contributed by atoms with E-state index in [1.165, 1.54) is 6.42 Å². The summed E-state index contributed by atoms with van der Waals surface area (Å²) >= 11 is 9.75. The molecule has 3 heterocycles. The molecule has 1 fully saturated rings. The average molecular weight is 577 g/mol. The molecule has 3 aliphatic rings. The number of hydrogen-bond donors (Lipinski definition) is 0. The predicted molar refractivity (Wildman–Crippen MR) is 148 cm³/mol. The van der Waals surface area contributed by atoms with Gasteiger partial charge in [-0.25, -0.2) is 4.98 Å². The Kier molecular flexibility index (Phi) is 6.38. The first kappa shape index (κ1) is 24.0. The third-order valence-electron chi connectivity index (χ3n) is 7.06. The van der Waals surface area contributed by atoms with E-state index in [0.717, 1.165) is 41.4 Å². The molecular formula is C28H23BrClN5O2. The number of carbonyl (C=O) groups is 2. The Bertz CT molecular complexity index is 1470. The van der Waals surface area contributed by atoms with Crippen molar-refractivity contribution in [2.75, 3.05) is 9.80 Å². The second kappa shape index (κ2) is 9.84. The van der Waals surface area contributed by atoms with Gasteiger partial charge in [0, 0.05) is 27.3 Å². The molecule has 9 heteroatoms. The van der Waals surface area contributed by atoms with Gasteiger partial charge in [0.05, 0.1) is 17.8 Å². The van der Waals surface area contributed by atoms with Crippen LogP contribution >= 0.6 is 27.5 Å². The minimum atomic E-state index is -0.310. The zero-order valence-corrected chi connectivity index (χ0v) is 22.2. The van der Waals surface area contributed by atoms with E-state index >= 15 is 0 Å². The van der Waals surface area contributed by atoms with Crippen molar-refractivity contribution in [2.24, 2.45) is 10.2 Å². The van der Waals surface area contributed by atoms with E-state index in [4.69, 9.17) is 11.6 Å². The Labute approximate surface area is 228 Å². The largest absolute Gasteiger partial charge is 0.303 e. The van der Waals surface area contributed by atoms with E-state index < -0.39 is 0 Å². The smallest absolute Gasteiger partial charge is 0.281 e. The van der Waals surface area contributed by atoms with Crippen molar-refractivity contribution in [1.29, 1.82) is 0 Å². The lowest BCUT2D eigenvalue weighted by atomic mass is 9.94. The third-order valence-corrected chi connectivity index (χ3v) is 7.73. The summed E-state index contributed by atoms with van der Waals surface area (Å²) in [4.78, 5) is 35.1. The Morgan fingerprint density at radius 2 is 1.65 bits per heavy atom. The van der Waals surface area contributed by atoms with Crippen LogP contribution in [0, 0.1) is 0 Å². The number of aromatic nitrogens is 1. The molecule has 0 radical (unpaired) electrons. The number of anilines is 2. The van der Waals surface area contributed by atoms with Crippen LogP contribution in [0.15, 0.2) is 75.5 Å². The van der Waals surface area contributed by atoms with Crippen LogP contribution in [0.2, 0.25) is 5.02 Å².